The molecule has 2 fully saturated rings. The molecule has 0 amide bonds. The van der Waals surface area contributed by atoms with Crippen LogP contribution in [-0.4, -0.2) is 69.4 Å². The average Bonchev–Trinajstić information content (AvgIpc) is 3.51. The van der Waals surface area contributed by atoms with Crippen LogP contribution in [0.5, 0.6) is 11.9 Å². The molecule has 0 spiro atoms. The van der Waals surface area contributed by atoms with Gasteiger partial charge >= 0.3 is 12.2 Å². The minimum atomic E-state index is -5.23. The van der Waals surface area contributed by atoms with Gasteiger partial charge in [-0.25, -0.2) is 23.1 Å². The SMILES string of the molecule is Cc1c(F)c(N)c(F)c(-c2nc3c4c(nc(OC[C@@]56CCCN5C[C@H](F)C6)nc4c2Cl)N([C@H](C)c2cccnc2N)CCO3)c1C(F)(F)F. The van der Waals surface area contributed by atoms with Crippen molar-refractivity contribution in [1.29, 1.82) is 0 Å². The Bertz CT molecular complexity index is 1980. The van der Waals surface area contributed by atoms with E-state index in [1.807, 2.05) is 16.7 Å². The number of ether oxygens (including phenoxy) is 2. The van der Waals surface area contributed by atoms with Crippen molar-refractivity contribution in [3.05, 3.63) is 51.7 Å². The number of hydrogen-bond acceptors (Lipinski definition) is 10. The summed E-state index contributed by atoms with van der Waals surface area (Å²) in [5.74, 6) is -3.03. The molecule has 3 aromatic heterocycles. The van der Waals surface area contributed by atoms with Gasteiger partial charge in [0.15, 0.2) is 11.6 Å². The summed E-state index contributed by atoms with van der Waals surface area (Å²) in [5.41, 5.74) is 6.14. The highest BCUT2D eigenvalue weighted by atomic mass is 35.5. The van der Waals surface area contributed by atoms with Crippen LogP contribution in [0.2, 0.25) is 5.02 Å². The second-order valence-corrected chi connectivity index (χ2v) is 13.0. The van der Waals surface area contributed by atoms with Gasteiger partial charge in [-0.05, 0) is 44.9 Å². The molecule has 1 aromatic carbocycles. The minimum absolute atomic E-state index is 0.0307. The largest absolute Gasteiger partial charge is 0.475 e. The molecule has 0 radical (unpaired) electrons. The molecule has 3 aliphatic heterocycles. The zero-order valence-corrected chi connectivity index (χ0v) is 27.1. The van der Waals surface area contributed by atoms with Crippen molar-refractivity contribution >= 4 is 39.8 Å². The number of rotatable bonds is 6. The molecular weight excluding hydrogens is 678 g/mol. The fraction of sp³-hybridized carbons (Fsp3) is 0.438. The van der Waals surface area contributed by atoms with Crippen molar-refractivity contribution < 1.29 is 35.8 Å². The van der Waals surface area contributed by atoms with Crippen LogP contribution in [0.4, 0.5) is 43.7 Å². The normalized spacial score (nSPS) is 21.5. The maximum Gasteiger partial charge on any atom is 0.417 e. The number of alkyl halides is 4. The molecule has 3 atom stereocenters. The highest BCUT2D eigenvalue weighted by molar-refractivity contribution is 6.38. The first-order valence-corrected chi connectivity index (χ1v) is 16.0. The van der Waals surface area contributed by atoms with Gasteiger partial charge < -0.3 is 25.8 Å². The zero-order valence-electron chi connectivity index (χ0n) is 26.3. The number of fused-ring (bicyclic) bond motifs is 1. The molecule has 10 nitrogen and oxygen atoms in total. The van der Waals surface area contributed by atoms with E-state index in [1.54, 1.807) is 18.3 Å². The number of aromatic nitrogens is 4. The molecule has 49 heavy (non-hydrogen) atoms. The van der Waals surface area contributed by atoms with E-state index in [0.29, 0.717) is 18.5 Å². The van der Waals surface area contributed by atoms with Crippen LogP contribution in [0.1, 0.15) is 48.9 Å². The van der Waals surface area contributed by atoms with Gasteiger partial charge in [0.25, 0.3) is 0 Å². The lowest BCUT2D eigenvalue weighted by molar-refractivity contribution is -0.137. The van der Waals surface area contributed by atoms with Crippen LogP contribution in [0.25, 0.3) is 22.2 Å². The summed E-state index contributed by atoms with van der Waals surface area (Å²) in [7, 11) is 0. The Labute approximate surface area is 281 Å². The van der Waals surface area contributed by atoms with Crippen molar-refractivity contribution in [2.24, 2.45) is 0 Å². The third-order valence-electron chi connectivity index (χ3n) is 9.74. The first-order valence-electron chi connectivity index (χ1n) is 15.6. The average molecular weight is 709 g/mol. The van der Waals surface area contributed by atoms with Crippen molar-refractivity contribution in [3.8, 4) is 23.1 Å². The molecule has 6 heterocycles. The van der Waals surface area contributed by atoms with Crippen LogP contribution in [0.3, 0.4) is 0 Å². The molecule has 4 aromatic rings. The number of halogens is 7. The number of pyridine rings is 2. The van der Waals surface area contributed by atoms with E-state index in [-0.39, 0.29) is 67.2 Å². The number of benzene rings is 1. The molecule has 7 rings (SSSR count). The molecule has 0 saturated carbocycles. The lowest BCUT2D eigenvalue weighted by atomic mass is 9.95. The molecule has 260 valence electrons. The Morgan fingerprint density at radius 3 is 2.67 bits per heavy atom. The van der Waals surface area contributed by atoms with Crippen molar-refractivity contribution in [1.82, 2.24) is 24.8 Å². The first kappa shape index (κ1) is 33.2. The number of nitrogens with zero attached hydrogens (tertiary/aromatic N) is 6. The van der Waals surface area contributed by atoms with Gasteiger partial charge in [-0.15, -0.1) is 0 Å². The van der Waals surface area contributed by atoms with Gasteiger partial charge in [-0.3, -0.25) is 4.90 Å². The first-order chi connectivity index (χ1) is 23.2. The van der Waals surface area contributed by atoms with Crippen LogP contribution in [0.15, 0.2) is 18.3 Å². The lowest BCUT2D eigenvalue weighted by Crippen LogP contribution is -2.43. The summed E-state index contributed by atoms with van der Waals surface area (Å²) in [5, 5.41) is -0.398. The Morgan fingerprint density at radius 2 is 1.94 bits per heavy atom. The number of hydrogen-bond donors (Lipinski definition) is 2. The van der Waals surface area contributed by atoms with E-state index in [2.05, 4.69) is 15.0 Å². The minimum Gasteiger partial charge on any atom is -0.475 e. The van der Waals surface area contributed by atoms with Gasteiger partial charge in [-0.2, -0.15) is 23.1 Å². The van der Waals surface area contributed by atoms with E-state index < -0.39 is 68.7 Å². The third-order valence-corrected chi connectivity index (χ3v) is 10.1. The predicted molar refractivity (Wildman–Crippen MR) is 170 cm³/mol. The number of nitrogens with two attached hydrogens (primary N) is 2. The molecule has 0 unspecified atom stereocenters. The summed E-state index contributed by atoms with van der Waals surface area (Å²) in [6, 6.07) is 2.82. The summed E-state index contributed by atoms with van der Waals surface area (Å²) in [6.45, 7) is 3.83. The number of anilines is 3. The second kappa shape index (κ2) is 11.9. The topological polar surface area (TPSA) is 129 Å². The van der Waals surface area contributed by atoms with Gasteiger partial charge in [0.2, 0.25) is 5.88 Å². The molecule has 17 heteroatoms. The second-order valence-electron chi connectivity index (χ2n) is 12.6. The van der Waals surface area contributed by atoms with E-state index in [9.17, 15) is 22.0 Å². The lowest BCUT2D eigenvalue weighted by Gasteiger charge is -2.32. The highest BCUT2D eigenvalue weighted by Crippen LogP contribution is 2.49. The highest BCUT2D eigenvalue weighted by Gasteiger charge is 2.49. The molecule has 0 aliphatic carbocycles. The fourth-order valence-electron chi connectivity index (χ4n) is 7.38. The van der Waals surface area contributed by atoms with Gasteiger partial charge in [0, 0.05) is 24.7 Å². The quantitative estimate of drug-likeness (QED) is 0.171. The standard InChI is InChI=1S/C32H31ClF6N8O2/c1-14-20(32(37,38)39)18(23(36)24(40)22(14)35)25-21(33)26-19-28(45-30(44-26)49-13-31-6-4-8-46(31)12-16(34)11-31)47(9-10-48-29(19)43-25)15(2)17-5-3-7-42-27(17)41/h3,5,7,15-16H,4,6,8-13,40H2,1-2H3,(H2,41,42)/t15-,16-,31+/m1/s1. The Morgan fingerprint density at radius 1 is 1.16 bits per heavy atom. The Kier molecular flexibility index (Phi) is 8.08. The summed E-state index contributed by atoms with van der Waals surface area (Å²) >= 11 is 6.83. The third kappa shape index (κ3) is 5.39. The van der Waals surface area contributed by atoms with Crippen molar-refractivity contribution in [2.75, 3.05) is 49.2 Å². The van der Waals surface area contributed by atoms with Crippen molar-refractivity contribution in [3.63, 3.8) is 0 Å². The van der Waals surface area contributed by atoms with E-state index in [1.165, 1.54) is 0 Å². The van der Waals surface area contributed by atoms with Crippen LogP contribution in [0, 0.1) is 18.6 Å². The monoisotopic (exact) mass is 708 g/mol. The fourth-order valence-corrected chi connectivity index (χ4v) is 7.66. The molecule has 0 bridgehead atoms. The van der Waals surface area contributed by atoms with Crippen molar-refractivity contribution in [2.45, 2.75) is 57.0 Å². The smallest absolute Gasteiger partial charge is 0.417 e. The van der Waals surface area contributed by atoms with E-state index >= 15 is 4.39 Å². The van der Waals surface area contributed by atoms with Gasteiger partial charge in [0.05, 0.1) is 40.0 Å². The van der Waals surface area contributed by atoms with Crippen LogP contribution in [-0.2, 0) is 6.18 Å². The molecule has 3 aliphatic rings. The summed E-state index contributed by atoms with van der Waals surface area (Å²) < 4.78 is 100. The molecular formula is C32H31ClF6N8O2. The molecule has 4 N–H and O–H groups in total. The molecule has 2 saturated heterocycles. The summed E-state index contributed by atoms with van der Waals surface area (Å²) in [6.07, 6.45) is -2.91. The Hall–Kier alpha value is -4.31. The van der Waals surface area contributed by atoms with Gasteiger partial charge in [-0.1, -0.05) is 17.7 Å². The predicted octanol–water partition coefficient (Wildman–Crippen LogP) is 6.43. The van der Waals surface area contributed by atoms with Crippen LogP contribution < -0.4 is 25.8 Å². The van der Waals surface area contributed by atoms with Crippen LogP contribution >= 0.6 is 11.6 Å². The number of nitrogen functional groups attached to an aromatic ring is 2. The summed E-state index contributed by atoms with van der Waals surface area (Å²) in [4.78, 5) is 21.5. The maximum absolute atomic E-state index is 15.7. The van der Waals surface area contributed by atoms with E-state index in [0.717, 1.165) is 13.3 Å². The maximum atomic E-state index is 15.7. The van der Waals surface area contributed by atoms with E-state index in [4.69, 9.17) is 37.5 Å². The zero-order chi connectivity index (χ0) is 35.0. The van der Waals surface area contributed by atoms with Gasteiger partial charge in [0.1, 0.15) is 47.6 Å². The Balaban J connectivity index is 1.46.